The van der Waals surface area contributed by atoms with Gasteiger partial charge >= 0.3 is 0 Å². The predicted octanol–water partition coefficient (Wildman–Crippen LogP) is 0.440. The van der Waals surface area contributed by atoms with Crippen LogP contribution in [0.4, 0.5) is 0 Å². The van der Waals surface area contributed by atoms with Crippen LogP contribution in [0.25, 0.3) is 0 Å². The predicted molar refractivity (Wildman–Crippen MR) is 50.3 cm³/mol. The Labute approximate surface area is 77.2 Å². The summed E-state index contributed by atoms with van der Waals surface area (Å²) in [5.41, 5.74) is 0. The highest BCUT2D eigenvalue weighted by Crippen LogP contribution is 2.15. The van der Waals surface area contributed by atoms with Crippen LogP contribution in [-0.2, 0) is 4.79 Å². The molecule has 0 aromatic carbocycles. The first-order valence-corrected chi connectivity index (χ1v) is 5.01. The number of hydrogen-bond acceptors (Lipinski definition) is 4. The summed E-state index contributed by atoms with van der Waals surface area (Å²) in [4.78, 5) is 10.6. The van der Waals surface area contributed by atoms with Gasteiger partial charge in [0, 0.05) is 17.4 Å². The second-order valence-electron chi connectivity index (χ2n) is 2.89. The maximum absolute atomic E-state index is 10.6. The van der Waals surface area contributed by atoms with Gasteiger partial charge < -0.3 is 10.2 Å². The molecule has 0 aromatic heterocycles. The Kier molecular flexibility index (Phi) is 6.42. The Bertz CT molecular complexity index is 138. The summed E-state index contributed by atoms with van der Waals surface area (Å²) in [5, 5.41) is 17.7. The lowest BCUT2D eigenvalue weighted by atomic mass is 10.2. The Balaban J connectivity index is 3.43. The molecule has 0 saturated carbocycles. The molecule has 0 aliphatic rings. The molecule has 3 nitrogen and oxygen atoms in total. The summed E-state index contributed by atoms with van der Waals surface area (Å²) in [6.07, 6.45) is -0.132. The normalized spacial score (nSPS) is 15.7. The van der Waals surface area contributed by atoms with Gasteiger partial charge in [-0.15, -0.1) is 0 Å². The van der Waals surface area contributed by atoms with Gasteiger partial charge in [-0.2, -0.15) is 11.8 Å². The zero-order chi connectivity index (χ0) is 9.56. The number of carbonyl (C=O) groups is 1. The first-order valence-electron chi connectivity index (χ1n) is 3.96. The van der Waals surface area contributed by atoms with E-state index in [9.17, 15) is 4.79 Å². The average molecular weight is 192 g/mol. The van der Waals surface area contributed by atoms with Crippen molar-refractivity contribution in [2.45, 2.75) is 31.6 Å². The van der Waals surface area contributed by atoms with Crippen LogP contribution in [0.3, 0.4) is 0 Å². The fourth-order valence-electron chi connectivity index (χ4n) is 0.792. The van der Waals surface area contributed by atoms with E-state index in [2.05, 4.69) is 0 Å². The van der Waals surface area contributed by atoms with E-state index in [0.29, 0.717) is 12.2 Å². The maximum atomic E-state index is 10.6. The van der Waals surface area contributed by atoms with E-state index in [-0.39, 0.29) is 17.6 Å². The lowest BCUT2D eigenvalue weighted by molar-refractivity contribution is -0.116. The minimum absolute atomic E-state index is 0.161. The van der Waals surface area contributed by atoms with Crippen molar-refractivity contribution in [2.75, 3.05) is 12.4 Å². The Morgan fingerprint density at radius 3 is 2.58 bits per heavy atom. The van der Waals surface area contributed by atoms with E-state index >= 15 is 0 Å². The van der Waals surface area contributed by atoms with Gasteiger partial charge in [0.1, 0.15) is 5.78 Å². The zero-order valence-electron chi connectivity index (χ0n) is 7.49. The van der Waals surface area contributed by atoms with Crippen molar-refractivity contribution in [1.82, 2.24) is 0 Å². The third-order valence-corrected chi connectivity index (χ3v) is 2.67. The summed E-state index contributed by atoms with van der Waals surface area (Å²) >= 11 is 1.51. The molecule has 0 radical (unpaired) electrons. The largest absolute Gasteiger partial charge is 0.394 e. The van der Waals surface area contributed by atoms with Crippen molar-refractivity contribution in [3.05, 3.63) is 0 Å². The van der Waals surface area contributed by atoms with E-state index < -0.39 is 6.10 Å². The average Bonchev–Trinajstić information content (AvgIpc) is 1.99. The van der Waals surface area contributed by atoms with E-state index in [1.165, 1.54) is 11.8 Å². The molecule has 0 aliphatic heterocycles. The number of thioether (sulfide) groups is 1. The smallest absolute Gasteiger partial charge is 0.130 e. The topological polar surface area (TPSA) is 57.5 Å². The van der Waals surface area contributed by atoms with E-state index in [1.807, 2.05) is 6.92 Å². The highest BCUT2D eigenvalue weighted by molar-refractivity contribution is 7.99. The molecule has 0 fully saturated rings. The summed E-state index contributed by atoms with van der Waals surface area (Å²) in [5.74, 6) is 0.652. The van der Waals surface area contributed by atoms with Gasteiger partial charge in [-0.05, 0) is 6.92 Å². The van der Waals surface area contributed by atoms with Crippen molar-refractivity contribution >= 4 is 17.5 Å². The van der Waals surface area contributed by atoms with Crippen LogP contribution in [0.2, 0.25) is 0 Å². The SMILES string of the molecule is CC(=O)CC(C)SCC(O)CO. The Morgan fingerprint density at radius 2 is 2.17 bits per heavy atom. The Morgan fingerprint density at radius 1 is 1.58 bits per heavy atom. The number of aliphatic hydroxyl groups is 2. The van der Waals surface area contributed by atoms with Gasteiger partial charge in [0.2, 0.25) is 0 Å². The zero-order valence-corrected chi connectivity index (χ0v) is 8.30. The van der Waals surface area contributed by atoms with Crippen molar-refractivity contribution in [2.24, 2.45) is 0 Å². The first-order chi connectivity index (χ1) is 5.56. The van der Waals surface area contributed by atoms with Crippen molar-refractivity contribution in [3.63, 3.8) is 0 Å². The number of ketones is 1. The van der Waals surface area contributed by atoms with Crippen molar-refractivity contribution in [1.29, 1.82) is 0 Å². The molecule has 0 rings (SSSR count). The lowest BCUT2D eigenvalue weighted by Gasteiger charge is -2.11. The van der Waals surface area contributed by atoms with Gasteiger partial charge in [-0.25, -0.2) is 0 Å². The van der Waals surface area contributed by atoms with Crippen LogP contribution < -0.4 is 0 Å². The lowest BCUT2D eigenvalue weighted by Crippen LogP contribution is -2.17. The minimum Gasteiger partial charge on any atom is -0.394 e. The van der Waals surface area contributed by atoms with Crippen LogP contribution in [0.15, 0.2) is 0 Å². The molecule has 2 atom stereocenters. The third kappa shape index (κ3) is 6.64. The molecule has 0 spiro atoms. The van der Waals surface area contributed by atoms with E-state index in [1.54, 1.807) is 6.92 Å². The number of hydrogen-bond donors (Lipinski definition) is 2. The fraction of sp³-hybridized carbons (Fsp3) is 0.875. The molecule has 2 N–H and O–H groups in total. The first kappa shape index (κ1) is 11.9. The molecular weight excluding hydrogens is 176 g/mol. The minimum atomic E-state index is -0.663. The molecule has 0 aromatic rings. The van der Waals surface area contributed by atoms with E-state index in [0.717, 1.165) is 0 Å². The third-order valence-electron chi connectivity index (χ3n) is 1.36. The highest BCUT2D eigenvalue weighted by atomic mass is 32.2. The van der Waals surface area contributed by atoms with Crippen LogP contribution >= 0.6 is 11.8 Å². The van der Waals surface area contributed by atoms with E-state index in [4.69, 9.17) is 10.2 Å². The Hall–Kier alpha value is -0.0600. The molecule has 72 valence electrons. The summed E-state index contributed by atoms with van der Waals surface area (Å²) < 4.78 is 0. The summed E-state index contributed by atoms with van der Waals surface area (Å²) in [7, 11) is 0. The molecule has 2 unspecified atom stereocenters. The van der Waals surface area contributed by atoms with Crippen LogP contribution in [0.5, 0.6) is 0 Å². The monoisotopic (exact) mass is 192 g/mol. The number of aliphatic hydroxyl groups excluding tert-OH is 2. The quantitative estimate of drug-likeness (QED) is 0.641. The van der Waals surface area contributed by atoms with Gasteiger partial charge in [-0.1, -0.05) is 6.92 Å². The second-order valence-corrected chi connectivity index (χ2v) is 4.36. The summed E-state index contributed by atoms with van der Waals surface area (Å²) in [6.45, 7) is 3.29. The molecule has 0 heterocycles. The van der Waals surface area contributed by atoms with Crippen molar-refractivity contribution in [3.8, 4) is 0 Å². The fourth-order valence-corrected chi connectivity index (χ4v) is 1.80. The molecular formula is C8H16O3S. The van der Waals surface area contributed by atoms with Gasteiger partial charge in [0.05, 0.1) is 12.7 Å². The van der Waals surface area contributed by atoms with Gasteiger partial charge in [0.25, 0.3) is 0 Å². The molecule has 0 bridgehead atoms. The molecule has 0 saturated heterocycles. The van der Waals surface area contributed by atoms with Gasteiger partial charge in [-0.3, -0.25) is 4.79 Å². The molecule has 12 heavy (non-hydrogen) atoms. The van der Waals surface area contributed by atoms with Gasteiger partial charge in [0.15, 0.2) is 0 Å². The number of carbonyl (C=O) groups excluding carboxylic acids is 1. The molecule has 0 aliphatic carbocycles. The number of Topliss-reactive ketones (excluding diaryl/α,β-unsaturated/α-hetero) is 1. The summed E-state index contributed by atoms with van der Waals surface area (Å²) in [6, 6.07) is 0. The second kappa shape index (κ2) is 6.46. The number of rotatable bonds is 6. The van der Waals surface area contributed by atoms with Crippen molar-refractivity contribution < 1.29 is 15.0 Å². The molecule has 4 heteroatoms. The highest BCUT2D eigenvalue weighted by Gasteiger charge is 2.08. The maximum Gasteiger partial charge on any atom is 0.130 e. The van der Waals surface area contributed by atoms with Crippen LogP contribution in [0.1, 0.15) is 20.3 Å². The van der Waals surface area contributed by atoms with Crippen LogP contribution in [0, 0.1) is 0 Å². The molecule has 0 amide bonds. The standard InChI is InChI=1S/C8H16O3S/c1-6(10)3-7(2)12-5-8(11)4-9/h7-9,11H,3-5H2,1-2H3. The van der Waals surface area contributed by atoms with Crippen LogP contribution in [-0.4, -0.2) is 39.7 Å².